The Morgan fingerprint density at radius 1 is 0.500 bits per heavy atom. The van der Waals surface area contributed by atoms with E-state index < -0.39 is 18.9 Å². The summed E-state index contributed by atoms with van der Waals surface area (Å²) in [5.41, 5.74) is 0.567. The van der Waals surface area contributed by atoms with Crippen LogP contribution in [0.25, 0.3) is 34.2 Å². The second-order valence-electron chi connectivity index (χ2n) is 9.29. The molecule has 3 atom stereocenters. The molecule has 0 spiro atoms. The molecule has 0 aliphatic carbocycles. The van der Waals surface area contributed by atoms with Gasteiger partial charge in [-0.25, -0.2) is 15.0 Å². The molecule has 0 aliphatic heterocycles. The Hall–Kier alpha value is -4.65. The average molecular weight is 580 g/mol. The molecule has 12 nitrogen and oxygen atoms in total. The van der Waals surface area contributed by atoms with Gasteiger partial charge in [-0.3, -0.25) is 0 Å². The summed E-state index contributed by atoms with van der Waals surface area (Å²) in [5.74, 6) is -0.0294. The van der Waals surface area contributed by atoms with E-state index in [1.54, 1.807) is 20.8 Å². The molecule has 0 aliphatic rings. The Bertz CT molecular complexity index is 1340. The van der Waals surface area contributed by atoms with Crippen LogP contribution in [0.3, 0.4) is 0 Å². The van der Waals surface area contributed by atoms with E-state index in [0.29, 0.717) is 19.3 Å². The zero-order valence-electron chi connectivity index (χ0n) is 23.3. The van der Waals surface area contributed by atoms with Crippen LogP contribution in [-0.4, -0.2) is 64.5 Å². The second kappa shape index (κ2) is 13.3. The first-order chi connectivity index (χ1) is 20.1. The number of aromatic nitrogens is 3. The molecule has 3 unspecified atom stereocenters. The summed E-state index contributed by atoms with van der Waals surface area (Å²) in [4.78, 5) is 13.4. The van der Waals surface area contributed by atoms with Crippen molar-refractivity contribution >= 4 is 0 Å². The first-order valence-electron chi connectivity index (χ1n) is 13.4. The van der Waals surface area contributed by atoms with E-state index in [9.17, 15) is 30.6 Å². The highest BCUT2D eigenvalue weighted by Crippen LogP contribution is 2.38. The molecule has 0 fully saturated rings. The highest BCUT2D eigenvalue weighted by molar-refractivity contribution is 5.74. The summed E-state index contributed by atoms with van der Waals surface area (Å²) in [6.45, 7) is 5.23. The largest absolute Gasteiger partial charge is 0.507 e. The van der Waals surface area contributed by atoms with Crippen molar-refractivity contribution in [3.8, 4) is 68.7 Å². The fourth-order valence-electron chi connectivity index (χ4n) is 3.78. The fraction of sp³-hybridized carbons (Fsp3) is 0.300. The molecule has 3 aromatic carbocycles. The molecule has 1 aromatic heterocycles. The van der Waals surface area contributed by atoms with Gasteiger partial charge in [0.1, 0.15) is 34.5 Å². The standard InChI is InChI=1S/C30H33N3O9/c1-4-25(37)40-16-7-10-19(22(34)13-16)28-31-29(20-11-8-17(14-23(20)35)41-26(38)5-2)33-30(32-28)21-12-9-18(15-24(21)36)42-27(39)6-3/h7-15,25-27,34-39H,4-6H2,1-3H3. The number of hydrogen-bond acceptors (Lipinski definition) is 12. The summed E-state index contributed by atoms with van der Waals surface area (Å²) in [7, 11) is 0. The second-order valence-corrected chi connectivity index (χ2v) is 9.29. The summed E-state index contributed by atoms with van der Waals surface area (Å²) in [6.07, 6.45) is -2.11. The van der Waals surface area contributed by atoms with Crippen molar-refractivity contribution in [2.45, 2.75) is 58.9 Å². The maximum absolute atomic E-state index is 10.8. The number of phenols is 3. The van der Waals surface area contributed by atoms with E-state index in [0.717, 1.165) is 0 Å². The molecule has 0 saturated carbocycles. The SMILES string of the molecule is CCC(O)Oc1ccc(-c2nc(-c3ccc(OC(O)CC)cc3O)nc(-c3ccc(OC(O)CC)cc3O)n2)c(O)c1. The van der Waals surface area contributed by atoms with Crippen LogP contribution in [0, 0.1) is 0 Å². The third-order valence-electron chi connectivity index (χ3n) is 6.13. The number of nitrogens with zero attached hydrogens (tertiary/aromatic N) is 3. The van der Waals surface area contributed by atoms with E-state index in [1.165, 1.54) is 54.6 Å². The molecular weight excluding hydrogens is 546 g/mol. The molecule has 6 N–H and O–H groups in total. The first-order valence-corrected chi connectivity index (χ1v) is 13.4. The number of hydrogen-bond donors (Lipinski definition) is 6. The average Bonchev–Trinajstić information content (AvgIpc) is 2.96. The van der Waals surface area contributed by atoms with Gasteiger partial charge in [0.2, 0.25) is 0 Å². The van der Waals surface area contributed by atoms with Gasteiger partial charge in [-0.05, 0) is 36.4 Å². The number of rotatable bonds is 12. The number of benzene rings is 3. The van der Waals surface area contributed by atoms with Gasteiger partial charge in [0, 0.05) is 37.5 Å². The maximum Gasteiger partial charge on any atom is 0.197 e. The molecule has 4 rings (SSSR count). The number of ether oxygens (including phenoxy) is 3. The summed E-state index contributed by atoms with van der Waals surface area (Å²) in [5, 5.41) is 61.8. The van der Waals surface area contributed by atoms with Gasteiger partial charge in [0.05, 0.1) is 16.7 Å². The van der Waals surface area contributed by atoms with Crippen molar-refractivity contribution in [1.82, 2.24) is 15.0 Å². The molecule has 4 aromatic rings. The Morgan fingerprint density at radius 2 is 0.762 bits per heavy atom. The fourth-order valence-corrected chi connectivity index (χ4v) is 3.78. The lowest BCUT2D eigenvalue weighted by Gasteiger charge is -2.15. The molecule has 42 heavy (non-hydrogen) atoms. The normalized spacial score (nSPS) is 13.3. The van der Waals surface area contributed by atoms with Crippen LogP contribution in [-0.2, 0) is 0 Å². The molecule has 0 radical (unpaired) electrons. The molecule has 0 saturated heterocycles. The summed E-state index contributed by atoms with van der Waals surface area (Å²) >= 11 is 0. The lowest BCUT2D eigenvalue weighted by atomic mass is 10.1. The van der Waals surface area contributed by atoms with Crippen LogP contribution in [0.1, 0.15) is 40.0 Å². The van der Waals surface area contributed by atoms with Gasteiger partial charge in [0.25, 0.3) is 0 Å². The minimum absolute atomic E-state index is 0.0114. The molecule has 12 heteroatoms. The van der Waals surface area contributed by atoms with Crippen molar-refractivity contribution in [3.63, 3.8) is 0 Å². The van der Waals surface area contributed by atoms with Gasteiger partial charge in [-0.15, -0.1) is 0 Å². The van der Waals surface area contributed by atoms with Gasteiger partial charge in [-0.2, -0.15) is 0 Å². The first kappa shape index (κ1) is 30.3. The molecule has 222 valence electrons. The Morgan fingerprint density at radius 3 is 0.976 bits per heavy atom. The van der Waals surface area contributed by atoms with Gasteiger partial charge >= 0.3 is 0 Å². The van der Waals surface area contributed by atoms with Crippen LogP contribution >= 0.6 is 0 Å². The van der Waals surface area contributed by atoms with Crippen LogP contribution in [0.2, 0.25) is 0 Å². The third kappa shape index (κ3) is 7.16. The predicted molar refractivity (Wildman–Crippen MR) is 152 cm³/mol. The number of aliphatic hydroxyl groups excluding tert-OH is 3. The van der Waals surface area contributed by atoms with E-state index in [2.05, 4.69) is 15.0 Å². The van der Waals surface area contributed by atoms with Crippen molar-refractivity contribution in [2.75, 3.05) is 0 Å². The lowest BCUT2D eigenvalue weighted by Crippen LogP contribution is -2.13. The molecule has 0 bridgehead atoms. The zero-order chi connectivity index (χ0) is 30.4. The van der Waals surface area contributed by atoms with Crippen molar-refractivity contribution in [2.24, 2.45) is 0 Å². The summed E-state index contributed by atoms with van der Waals surface area (Å²) < 4.78 is 16.1. The third-order valence-corrected chi connectivity index (χ3v) is 6.13. The lowest BCUT2D eigenvalue weighted by molar-refractivity contribution is -0.0197. The predicted octanol–water partition coefficient (Wildman–Crippen LogP) is 4.31. The van der Waals surface area contributed by atoms with Gasteiger partial charge < -0.3 is 44.8 Å². The van der Waals surface area contributed by atoms with E-state index in [-0.39, 0.29) is 68.7 Å². The maximum atomic E-state index is 10.8. The zero-order valence-corrected chi connectivity index (χ0v) is 23.3. The van der Waals surface area contributed by atoms with E-state index in [1.807, 2.05) is 0 Å². The van der Waals surface area contributed by atoms with Crippen molar-refractivity contribution < 1.29 is 44.8 Å². The van der Waals surface area contributed by atoms with Gasteiger partial charge in [-0.1, -0.05) is 20.8 Å². The molecule has 1 heterocycles. The Labute approximate surface area is 242 Å². The van der Waals surface area contributed by atoms with Crippen LogP contribution in [0.5, 0.6) is 34.5 Å². The topological polar surface area (TPSA) is 188 Å². The highest BCUT2D eigenvalue weighted by atomic mass is 16.6. The highest BCUT2D eigenvalue weighted by Gasteiger charge is 2.20. The minimum atomic E-state index is -1.05. The Kier molecular flexibility index (Phi) is 9.63. The smallest absolute Gasteiger partial charge is 0.197 e. The summed E-state index contributed by atoms with van der Waals surface area (Å²) in [6, 6.07) is 13.0. The minimum Gasteiger partial charge on any atom is -0.507 e. The number of aromatic hydroxyl groups is 3. The quantitative estimate of drug-likeness (QED) is 0.131. The van der Waals surface area contributed by atoms with Crippen LogP contribution in [0.15, 0.2) is 54.6 Å². The van der Waals surface area contributed by atoms with Crippen LogP contribution < -0.4 is 14.2 Å². The number of phenolic OH excluding ortho intramolecular Hbond substituents is 3. The molecular formula is C30H33N3O9. The van der Waals surface area contributed by atoms with Crippen molar-refractivity contribution in [1.29, 1.82) is 0 Å². The monoisotopic (exact) mass is 579 g/mol. The molecule has 0 amide bonds. The van der Waals surface area contributed by atoms with Crippen molar-refractivity contribution in [3.05, 3.63) is 54.6 Å². The number of aliphatic hydroxyl groups is 3. The van der Waals surface area contributed by atoms with Crippen LogP contribution in [0.4, 0.5) is 0 Å². The Balaban J connectivity index is 1.82. The van der Waals surface area contributed by atoms with E-state index >= 15 is 0 Å². The van der Waals surface area contributed by atoms with E-state index in [4.69, 9.17) is 14.2 Å². The van der Waals surface area contributed by atoms with Gasteiger partial charge in [0.15, 0.2) is 36.3 Å².